The molecule has 1 aromatic rings. The minimum Gasteiger partial charge on any atom is -0.385 e. The molecule has 0 bridgehead atoms. The molecule has 2 heterocycles. The van der Waals surface area contributed by atoms with Crippen LogP contribution in [-0.4, -0.2) is 14.7 Å². The number of halogens is 1. The number of hydrogen-bond donors (Lipinski definition) is 1. The first kappa shape index (κ1) is 6.37. The van der Waals surface area contributed by atoms with Crippen molar-refractivity contribution in [3.8, 4) is 0 Å². The van der Waals surface area contributed by atoms with Gasteiger partial charge in [0.2, 0.25) is 0 Å². The third kappa shape index (κ3) is 0.793. The fraction of sp³-hybridized carbons (Fsp3) is 0.500. The monoisotopic (exact) mass is 202 g/mol. The van der Waals surface area contributed by atoms with E-state index in [4.69, 9.17) is 0 Å². The van der Waals surface area contributed by atoms with E-state index in [0.29, 0.717) is 0 Å². The molecule has 0 unspecified atom stereocenters. The van der Waals surface area contributed by atoms with Gasteiger partial charge in [-0.15, -0.1) is 0 Å². The molecule has 0 fully saturated rings. The molecule has 0 saturated carbocycles. The topological polar surface area (TPSA) is 38.0 Å². The molecular formula is C6H7BrN2O. The van der Waals surface area contributed by atoms with Crippen LogP contribution >= 0.6 is 15.9 Å². The van der Waals surface area contributed by atoms with E-state index in [1.165, 1.54) is 0 Å². The second kappa shape index (κ2) is 2.07. The lowest BCUT2D eigenvalue weighted by atomic mass is 10.3. The Morgan fingerprint density at radius 1 is 1.80 bits per heavy atom. The lowest BCUT2D eigenvalue weighted by Gasteiger charge is -1.94. The predicted octanol–water partition coefficient (Wildman–Crippen LogP) is 1.08. The maximum absolute atomic E-state index is 9.29. The van der Waals surface area contributed by atoms with Crippen molar-refractivity contribution in [3.63, 3.8) is 0 Å². The first-order chi connectivity index (χ1) is 4.77. The Bertz CT molecular complexity index is 258. The van der Waals surface area contributed by atoms with Crippen LogP contribution in [-0.2, 0) is 6.54 Å². The van der Waals surface area contributed by atoms with Crippen LogP contribution in [0.5, 0.6) is 0 Å². The van der Waals surface area contributed by atoms with Gasteiger partial charge in [-0.3, -0.25) is 0 Å². The molecule has 2 rings (SSSR count). The summed E-state index contributed by atoms with van der Waals surface area (Å²) in [7, 11) is 0. The molecule has 0 spiro atoms. The number of aliphatic hydroxyl groups excluding tert-OH is 1. The minimum absolute atomic E-state index is 0.355. The quantitative estimate of drug-likeness (QED) is 0.685. The summed E-state index contributed by atoms with van der Waals surface area (Å²) in [6, 6.07) is 0. The van der Waals surface area contributed by atoms with Crippen molar-refractivity contribution in [3.05, 3.63) is 16.6 Å². The summed E-state index contributed by atoms with van der Waals surface area (Å²) in [5.74, 6) is 0.784. The normalized spacial score (nSPS) is 23.2. The molecule has 0 amide bonds. The third-order valence-corrected chi connectivity index (χ3v) is 2.10. The van der Waals surface area contributed by atoms with Gasteiger partial charge in [-0.1, -0.05) is 0 Å². The summed E-state index contributed by atoms with van der Waals surface area (Å²) in [6.07, 6.45) is 2.34. The van der Waals surface area contributed by atoms with E-state index in [9.17, 15) is 5.11 Å². The van der Waals surface area contributed by atoms with Crippen molar-refractivity contribution in [2.24, 2.45) is 0 Å². The van der Waals surface area contributed by atoms with Crippen molar-refractivity contribution in [1.29, 1.82) is 0 Å². The molecule has 4 heteroatoms. The van der Waals surface area contributed by atoms with Crippen molar-refractivity contribution in [2.45, 2.75) is 19.1 Å². The lowest BCUT2D eigenvalue weighted by Crippen LogP contribution is -1.92. The Morgan fingerprint density at radius 3 is 3.30 bits per heavy atom. The molecule has 0 aliphatic carbocycles. The Hall–Kier alpha value is -0.350. The maximum Gasteiger partial charge on any atom is 0.139 e. The summed E-state index contributed by atoms with van der Waals surface area (Å²) in [5.41, 5.74) is 0. The van der Waals surface area contributed by atoms with Gasteiger partial charge in [0.05, 0.1) is 0 Å². The van der Waals surface area contributed by atoms with Gasteiger partial charge in [0.1, 0.15) is 16.5 Å². The summed E-state index contributed by atoms with van der Waals surface area (Å²) >= 11 is 3.24. The maximum atomic E-state index is 9.29. The summed E-state index contributed by atoms with van der Waals surface area (Å²) in [6.45, 7) is 0.884. The van der Waals surface area contributed by atoms with E-state index in [1.54, 1.807) is 0 Å². The van der Waals surface area contributed by atoms with E-state index in [0.717, 1.165) is 23.4 Å². The van der Waals surface area contributed by atoms with Gasteiger partial charge in [-0.05, 0) is 22.4 Å². The van der Waals surface area contributed by atoms with Gasteiger partial charge in [-0.25, -0.2) is 4.98 Å². The zero-order valence-electron chi connectivity index (χ0n) is 5.29. The van der Waals surface area contributed by atoms with Crippen LogP contribution < -0.4 is 0 Å². The average molecular weight is 203 g/mol. The van der Waals surface area contributed by atoms with E-state index < -0.39 is 0 Å². The predicted molar refractivity (Wildman–Crippen MR) is 39.5 cm³/mol. The van der Waals surface area contributed by atoms with Crippen LogP contribution in [0.15, 0.2) is 10.8 Å². The summed E-state index contributed by atoms with van der Waals surface area (Å²) in [4.78, 5) is 4.10. The Labute approximate surface area is 66.8 Å². The Balaban J connectivity index is 2.49. The molecule has 1 aliphatic heterocycles. The van der Waals surface area contributed by atoms with Crippen LogP contribution in [0.4, 0.5) is 0 Å². The first-order valence-electron chi connectivity index (χ1n) is 3.18. The van der Waals surface area contributed by atoms with E-state index >= 15 is 0 Å². The number of imidazole rings is 1. The number of aryl methyl sites for hydroxylation is 1. The molecule has 10 heavy (non-hydrogen) atoms. The molecule has 0 aromatic carbocycles. The average Bonchev–Trinajstić information content (AvgIpc) is 2.35. The van der Waals surface area contributed by atoms with Gasteiger partial charge in [-0.2, -0.15) is 0 Å². The van der Waals surface area contributed by atoms with Crippen molar-refractivity contribution >= 4 is 15.9 Å². The molecule has 0 radical (unpaired) electrons. The lowest BCUT2D eigenvalue weighted by molar-refractivity contribution is 0.175. The number of hydrogen-bond acceptors (Lipinski definition) is 2. The standard InChI is InChI=1S/C6H7BrN2O/c7-5-3-9-2-1-4(10)6(9)8-5/h3-4,10H,1-2H2/t4-/m1/s1. The van der Waals surface area contributed by atoms with Gasteiger partial charge in [0.25, 0.3) is 0 Å². The van der Waals surface area contributed by atoms with E-state index in [-0.39, 0.29) is 6.10 Å². The highest BCUT2D eigenvalue weighted by molar-refractivity contribution is 9.10. The second-order valence-corrected chi connectivity index (χ2v) is 3.23. The number of aliphatic hydroxyl groups is 1. The fourth-order valence-corrected chi connectivity index (χ4v) is 1.66. The minimum atomic E-state index is -0.355. The highest BCUT2D eigenvalue weighted by Crippen LogP contribution is 2.25. The molecule has 1 aliphatic rings. The van der Waals surface area contributed by atoms with Gasteiger partial charge in [0.15, 0.2) is 0 Å². The largest absolute Gasteiger partial charge is 0.385 e. The third-order valence-electron chi connectivity index (χ3n) is 1.72. The van der Waals surface area contributed by atoms with E-state index in [2.05, 4.69) is 20.9 Å². The zero-order chi connectivity index (χ0) is 7.14. The fourth-order valence-electron chi connectivity index (χ4n) is 1.23. The first-order valence-corrected chi connectivity index (χ1v) is 3.97. The van der Waals surface area contributed by atoms with E-state index in [1.807, 2.05) is 10.8 Å². The molecule has 3 nitrogen and oxygen atoms in total. The van der Waals surface area contributed by atoms with Crippen LogP contribution in [0.1, 0.15) is 18.3 Å². The smallest absolute Gasteiger partial charge is 0.139 e. The van der Waals surface area contributed by atoms with Crippen LogP contribution in [0.3, 0.4) is 0 Å². The van der Waals surface area contributed by atoms with Crippen LogP contribution in [0.2, 0.25) is 0 Å². The van der Waals surface area contributed by atoms with Crippen LogP contribution in [0.25, 0.3) is 0 Å². The Kier molecular flexibility index (Phi) is 1.32. The highest BCUT2D eigenvalue weighted by Gasteiger charge is 2.21. The van der Waals surface area contributed by atoms with Gasteiger partial charge in [0, 0.05) is 12.7 Å². The second-order valence-electron chi connectivity index (χ2n) is 2.42. The zero-order valence-corrected chi connectivity index (χ0v) is 6.87. The number of nitrogens with zero attached hydrogens (tertiary/aromatic N) is 2. The molecule has 1 aromatic heterocycles. The summed E-state index contributed by atoms with van der Waals surface area (Å²) < 4.78 is 2.77. The van der Waals surface area contributed by atoms with Crippen molar-refractivity contribution < 1.29 is 5.11 Å². The SMILES string of the molecule is O[C@@H]1CCn2cc(Br)nc21. The molecule has 0 saturated heterocycles. The molecule has 1 atom stereocenters. The molecule has 54 valence electrons. The van der Waals surface area contributed by atoms with Crippen molar-refractivity contribution in [1.82, 2.24) is 9.55 Å². The van der Waals surface area contributed by atoms with Crippen molar-refractivity contribution in [2.75, 3.05) is 0 Å². The number of fused-ring (bicyclic) bond motifs is 1. The highest BCUT2D eigenvalue weighted by atomic mass is 79.9. The summed E-state index contributed by atoms with van der Waals surface area (Å²) in [5, 5.41) is 9.29. The van der Waals surface area contributed by atoms with Crippen LogP contribution in [0, 0.1) is 0 Å². The molecular weight excluding hydrogens is 196 g/mol. The Morgan fingerprint density at radius 2 is 2.60 bits per heavy atom. The number of rotatable bonds is 0. The molecule has 1 N–H and O–H groups in total. The van der Waals surface area contributed by atoms with Gasteiger partial charge < -0.3 is 9.67 Å². The number of aromatic nitrogens is 2. The van der Waals surface area contributed by atoms with Gasteiger partial charge >= 0.3 is 0 Å².